The monoisotopic (exact) mass is 366 g/mol. The lowest BCUT2D eigenvalue weighted by molar-refractivity contribution is 0.0694. The second-order valence-corrected chi connectivity index (χ2v) is 6.54. The topological polar surface area (TPSA) is 83.3 Å². The zero-order chi connectivity index (χ0) is 19.3. The van der Waals surface area contributed by atoms with Gasteiger partial charge in [0.1, 0.15) is 11.3 Å². The van der Waals surface area contributed by atoms with Gasteiger partial charge in [-0.2, -0.15) is 0 Å². The van der Waals surface area contributed by atoms with Crippen LogP contribution in [0.2, 0.25) is 0 Å². The first-order valence-corrected chi connectivity index (χ1v) is 8.77. The summed E-state index contributed by atoms with van der Waals surface area (Å²) >= 11 is 0. The van der Waals surface area contributed by atoms with Crippen molar-refractivity contribution in [3.05, 3.63) is 78.5 Å². The number of benzene rings is 3. The number of phenols is 1. The van der Waals surface area contributed by atoms with Gasteiger partial charge in [-0.05, 0) is 36.4 Å². The van der Waals surface area contributed by atoms with Crippen LogP contribution in [0.25, 0.3) is 43.8 Å². The SMILES string of the molecule is O=C(O)c1c(O)cccc1-c1c2ccccc2nc2c1ccc1ncccc12. The van der Waals surface area contributed by atoms with Gasteiger partial charge in [-0.15, -0.1) is 0 Å². The van der Waals surface area contributed by atoms with E-state index < -0.39 is 5.97 Å². The zero-order valence-electron chi connectivity index (χ0n) is 14.6. The number of hydrogen-bond donors (Lipinski definition) is 2. The molecule has 0 aliphatic heterocycles. The van der Waals surface area contributed by atoms with Crippen LogP contribution in [0.5, 0.6) is 5.75 Å². The number of carboxylic acids is 1. The first kappa shape index (κ1) is 16.2. The average molecular weight is 366 g/mol. The molecule has 5 rings (SSSR count). The molecule has 0 spiro atoms. The highest BCUT2D eigenvalue weighted by Crippen LogP contribution is 2.40. The molecule has 5 nitrogen and oxygen atoms in total. The Morgan fingerprint density at radius 3 is 2.46 bits per heavy atom. The molecule has 2 aromatic heterocycles. The highest BCUT2D eigenvalue weighted by molar-refractivity contribution is 6.18. The van der Waals surface area contributed by atoms with Crippen LogP contribution in [0.1, 0.15) is 10.4 Å². The minimum atomic E-state index is -1.18. The Morgan fingerprint density at radius 2 is 1.61 bits per heavy atom. The van der Waals surface area contributed by atoms with E-state index in [0.29, 0.717) is 5.56 Å². The molecule has 134 valence electrons. The van der Waals surface area contributed by atoms with Gasteiger partial charge in [0.05, 0.1) is 16.6 Å². The summed E-state index contributed by atoms with van der Waals surface area (Å²) in [5.41, 5.74) is 3.39. The first-order chi connectivity index (χ1) is 13.6. The second-order valence-electron chi connectivity index (χ2n) is 6.54. The van der Waals surface area contributed by atoms with E-state index in [9.17, 15) is 15.0 Å². The fourth-order valence-corrected chi connectivity index (χ4v) is 3.77. The summed E-state index contributed by atoms with van der Waals surface area (Å²) in [7, 11) is 0. The number of aromatic hydroxyl groups is 1. The minimum Gasteiger partial charge on any atom is -0.507 e. The second kappa shape index (κ2) is 6.03. The molecule has 5 aromatic rings. The molecule has 3 aromatic carbocycles. The lowest BCUT2D eigenvalue weighted by Gasteiger charge is -2.15. The van der Waals surface area contributed by atoms with Crippen molar-refractivity contribution in [1.82, 2.24) is 9.97 Å². The van der Waals surface area contributed by atoms with Gasteiger partial charge in [0.2, 0.25) is 0 Å². The Bertz CT molecular complexity index is 1410. The van der Waals surface area contributed by atoms with Gasteiger partial charge < -0.3 is 10.2 Å². The molecule has 0 fully saturated rings. The van der Waals surface area contributed by atoms with Crippen molar-refractivity contribution in [2.24, 2.45) is 0 Å². The third-order valence-electron chi connectivity index (χ3n) is 4.96. The Kier molecular flexibility index (Phi) is 3.49. The van der Waals surface area contributed by atoms with Gasteiger partial charge in [-0.25, -0.2) is 9.78 Å². The van der Waals surface area contributed by atoms with Gasteiger partial charge in [-0.1, -0.05) is 30.3 Å². The molecule has 5 heteroatoms. The quantitative estimate of drug-likeness (QED) is 0.339. The summed E-state index contributed by atoms with van der Waals surface area (Å²) in [5, 5.41) is 22.5. The largest absolute Gasteiger partial charge is 0.507 e. The predicted octanol–water partition coefficient (Wildman–Crippen LogP) is 5.01. The third kappa shape index (κ3) is 2.30. The van der Waals surface area contributed by atoms with Gasteiger partial charge in [-0.3, -0.25) is 4.98 Å². The summed E-state index contributed by atoms with van der Waals surface area (Å²) in [5.74, 6) is -1.44. The Morgan fingerprint density at radius 1 is 0.786 bits per heavy atom. The molecule has 0 aliphatic carbocycles. The summed E-state index contributed by atoms with van der Waals surface area (Å²) in [4.78, 5) is 21.2. The summed E-state index contributed by atoms with van der Waals surface area (Å²) < 4.78 is 0. The van der Waals surface area contributed by atoms with Crippen molar-refractivity contribution in [2.45, 2.75) is 0 Å². The van der Waals surface area contributed by atoms with E-state index in [4.69, 9.17) is 4.98 Å². The maximum absolute atomic E-state index is 11.9. The summed E-state index contributed by atoms with van der Waals surface area (Å²) in [6, 6.07) is 20.0. The van der Waals surface area contributed by atoms with Crippen LogP contribution in [0.15, 0.2) is 72.9 Å². The van der Waals surface area contributed by atoms with E-state index in [0.717, 1.165) is 38.3 Å². The normalized spacial score (nSPS) is 11.3. The first-order valence-electron chi connectivity index (χ1n) is 8.77. The number of aromatic nitrogens is 2. The number of hydrogen-bond acceptors (Lipinski definition) is 4. The number of nitrogens with zero attached hydrogens (tertiary/aromatic N) is 2. The van der Waals surface area contributed by atoms with Crippen molar-refractivity contribution in [3.63, 3.8) is 0 Å². The van der Waals surface area contributed by atoms with E-state index >= 15 is 0 Å². The summed E-state index contributed by atoms with van der Waals surface area (Å²) in [6.07, 6.45) is 1.73. The van der Waals surface area contributed by atoms with Gasteiger partial charge in [0, 0.05) is 33.5 Å². The van der Waals surface area contributed by atoms with Crippen LogP contribution in [-0.2, 0) is 0 Å². The molecule has 0 saturated carbocycles. The minimum absolute atomic E-state index is 0.119. The van der Waals surface area contributed by atoms with Crippen molar-refractivity contribution in [1.29, 1.82) is 0 Å². The van der Waals surface area contributed by atoms with Crippen molar-refractivity contribution < 1.29 is 15.0 Å². The van der Waals surface area contributed by atoms with E-state index in [-0.39, 0.29) is 11.3 Å². The number of para-hydroxylation sites is 1. The van der Waals surface area contributed by atoms with Crippen LogP contribution in [0.4, 0.5) is 0 Å². The van der Waals surface area contributed by atoms with Crippen molar-refractivity contribution in [2.75, 3.05) is 0 Å². The molecule has 0 atom stereocenters. The lowest BCUT2D eigenvalue weighted by Crippen LogP contribution is -2.01. The molecule has 0 radical (unpaired) electrons. The molecule has 0 bridgehead atoms. The van der Waals surface area contributed by atoms with Crippen LogP contribution in [-0.4, -0.2) is 26.2 Å². The fourth-order valence-electron chi connectivity index (χ4n) is 3.77. The fraction of sp³-hybridized carbons (Fsp3) is 0. The molecular weight excluding hydrogens is 352 g/mol. The van der Waals surface area contributed by atoms with Crippen molar-refractivity contribution >= 4 is 38.7 Å². The molecule has 0 amide bonds. The number of pyridine rings is 2. The zero-order valence-corrected chi connectivity index (χ0v) is 14.6. The number of fused-ring (bicyclic) bond motifs is 4. The van der Waals surface area contributed by atoms with Gasteiger partial charge in [0.15, 0.2) is 0 Å². The number of rotatable bonds is 2. The number of carbonyl (C=O) groups is 1. The van der Waals surface area contributed by atoms with E-state index in [1.807, 2.05) is 48.5 Å². The number of carboxylic acid groups (broad SMARTS) is 1. The summed E-state index contributed by atoms with van der Waals surface area (Å²) in [6.45, 7) is 0. The van der Waals surface area contributed by atoms with Crippen LogP contribution in [0, 0.1) is 0 Å². The molecule has 2 heterocycles. The molecule has 0 saturated heterocycles. The lowest BCUT2D eigenvalue weighted by atomic mass is 9.91. The van der Waals surface area contributed by atoms with Crippen LogP contribution >= 0.6 is 0 Å². The van der Waals surface area contributed by atoms with E-state index in [1.54, 1.807) is 18.3 Å². The molecule has 0 aliphatic rings. The van der Waals surface area contributed by atoms with Crippen molar-refractivity contribution in [3.8, 4) is 16.9 Å². The molecular formula is C23H14N2O3. The van der Waals surface area contributed by atoms with Crippen LogP contribution in [0.3, 0.4) is 0 Å². The van der Waals surface area contributed by atoms with E-state index in [1.165, 1.54) is 6.07 Å². The standard InChI is InChI=1S/C23H14N2O3/c26-19-9-3-6-15(21(19)23(27)28)20-13-5-1-2-8-18(13)25-22-14-7-4-12-24-17(14)11-10-16(20)22/h1-12,26H,(H,27,28). The van der Waals surface area contributed by atoms with Gasteiger partial charge >= 0.3 is 5.97 Å². The molecule has 28 heavy (non-hydrogen) atoms. The molecule has 2 N–H and O–H groups in total. The maximum Gasteiger partial charge on any atom is 0.340 e. The maximum atomic E-state index is 11.9. The highest BCUT2D eigenvalue weighted by Gasteiger charge is 2.21. The molecule has 0 unspecified atom stereocenters. The van der Waals surface area contributed by atoms with E-state index in [2.05, 4.69) is 4.98 Å². The Labute approximate surface area is 159 Å². The highest BCUT2D eigenvalue weighted by atomic mass is 16.4. The number of aromatic carboxylic acids is 1. The average Bonchev–Trinajstić information content (AvgIpc) is 2.71. The Hall–Kier alpha value is -3.99. The van der Waals surface area contributed by atoms with Gasteiger partial charge in [0.25, 0.3) is 0 Å². The predicted molar refractivity (Wildman–Crippen MR) is 109 cm³/mol. The van der Waals surface area contributed by atoms with Crippen LogP contribution < -0.4 is 0 Å². The Balaban J connectivity index is 2.05. The smallest absolute Gasteiger partial charge is 0.340 e. The third-order valence-corrected chi connectivity index (χ3v) is 4.96.